The molecule has 362 valence electrons. The van der Waals surface area contributed by atoms with Crippen LogP contribution in [0.3, 0.4) is 0 Å². The minimum atomic E-state index is 0.187. The highest BCUT2D eigenvalue weighted by molar-refractivity contribution is 6.22. The first kappa shape index (κ1) is 44.1. The van der Waals surface area contributed by atoms with Gasteiger partial charge in [-0.1, -0.05) is 200 Å². The molecular formula is C72H54N4. The molecule has 4 heteroatoms. The molecular weight excluding hydrogens is 921 g/mol. The zero-order valence-electron chi connectivity index (χ0n) is 42.4. The lowest BCUT2D eigenvalue weighted by Crippen LogP contribution is -2.32. The van der Waals surface area contributed by atoms with Crippen LogP contribution in [0.25, 0.3) is 112 Å². The summed E-state index contributed by atoms with van der Waals surface area (Å²) in [5.41, 5.74) is 20.4. The summed E-state index contributed by atoms with van der Waals surface area (Å²) in [4.78, 5) is 0. The molecule has 2 unspecified atom stereocenters. The zero-order chi connectivity index (χ0) is 50.3. The number of rotatable bonds is 6. The van der Waals surface area contributed by atoms with Crippen molar-refractivity contribution in [2.45, 2.75) is 31.2 Å². The Hall–Kier alpha value is -9.38. The maximum Gasteiger partial charge on any atom is 0.127 e. The molecule has 76 heavy (non-hydrogen) atoms. The van der Waals surface area contributed by atoms with Gasteiger partial charge in [-0.3, -0.25) is 9.13 Å². The average molecular weight is 975 g/mol. The molecule has 0 bridgehead atoms. The molecule has 4 aromatic heterocycles. The third kappa shape index (κ3) is 7.05. The first-order chi connectivity index (χ1) is 37.6. The van der Waals surface area contributed by atoms with E-state index >= 15 is 0 Å². The molecule has 2 atom stereocenters. The summed E-state index contributed by atoms with van der Waals surface area (Å²) in [5.74, 6) is 0.259. The standard InChI is InChI=1S/C66H48N4.C6H6/c1-67-59-33-30-45(39-56(59)63-54-26-13-14-27-60(54)68(65(63)67)50-19-5-2-6-20-50)42-17-15-18-43(36-42)46-31-34-61-57(40-46)64-58-41-47(44-28-29-49-37-48-16-11-12-25-53(48)55(49)38-44)32-35-62(58)70(52-23-9-4-10-24-52)66(64)69(61)51-21-7-3-8-22-51;1-2-4-6-5-3-1/h2-21,23-31,33-36,38-41,47,51H,22,32,37H2,1H3;1-6H. The number of nitrogens with zero attached hydrogens (tertiary/aromatic N) is 4. The van der Waals surface area contributed by atoms with Gasteiger partial charge in [-0.2, -0.15) is 0 Å². The van der Waals surface area contributed by atoms with Gasteiger partial charge in [0.15, 0.2) is 0 Å². The Balaban J connectivity index is 0.000000792. The Labute approximate surface area is 442 Å². The topological polar surface area (TPSA) is 19.7 Å². The van der Waals surface area contributed by atoms with Crippen molar-refractivity contribution in [1.82, 2.24) is 18.3 Å². The van der Waals surface area contributed by atoms with Crippen LogP contribution in [0.1, 0.15) is 41.5 Å². The predicted molar refractivity (Wildman–Crippen MR) is 319 cm³/mol. The second-order valence-corrected chi connectivity index (χ2v) is 20.8. The fourth-order valence-corrected chi connectivity index (χ4v) is 13.0. The van der Waals surface area contributed by atoms with Crippen LogP contribution in [0.2, 0.25) is 0 Å². The number of allylic oxidation sites excluding steroid dienone is 4. The van der Waals surface area contributed by atoms with Crippen molar-refractivity contribution < 1.29 is 0 Å². The molecule has 3 aliphatic rings. The smallest absolute Gasteiger partial charge is 0.127 e. The summed E-state index contributed by atoms with van der Waals surface area (Å²) in [5, 5.41) is 9.07. The fourth-order valence-electron chi connectivity index (χ4n) is 13.0. The zero-order valence-corrected chi connectivity index (χ0v) is 42.4. The van der Waals surface area contributed by atoms with Crippen molar-refractivity contribution in [3.63, 3.8) is 0 Å². The number of aromatic nitrogens is 4. The minimum Gasteiger partial charge on any atom is -0.329 e. The Kier molecular flexibility index (Phi) is 10.4. The molecule has 0 radical (unpaired) electrons. The van der Waals surface area contributed by atoms with Crippen LogP contribution in [0, 0.1) is 0 Å². The number of aryl methyl sites for hydroxylation is 1. The molecule has 9 aromatic carbocycles. The van der Waals surface area contributed by atoms with Crippen LogP contribution >= 0.6 is 0 Å². The number of hydrogen-bond donors (Lipinski definition) is 0. The van der Waals surface area contributed by atoms with E-state index in [9.17, 15) is 0 Å². The maximum absolute atomic E-state index is 2.63. The summed E-state index contributed by atoms with van der Waals surface area (Å²) in [7, 11) is 2.21. The predicted octanol–water partition coefficient (Wildman–Crippen LogP) is 16.6. The van der Waals surface area contributed by atoms with Crippen LogP contribution in [0.5, 0.6) is 0 Å². The van der Waals surface area contributed by atoms with Gasteiger partial charge in [-0.15, -0.1) is 0 Å². The minimum absolute atomic E-state index is 0.187. The van der Waals surface area contributed by atoms with E-state index in [0.717, 1.165) is 19.3 Å². The summed E-state index contributed by atoms with van der Waals surface area (Å²) in [6, 6.07) is 82.4. The second kappa shape index (κ2) is 17.9. The van der Waals surface area contributed by atoms with Gasteiger partial charge in [-0.05, 0) is 130 Å². The van der Waals surface area contributed by atoms with E-state index in [1.807, 2.05) is 36.4 Å². The third-order valence-electron chi connectivity index (χ3n) is 16.5. The summed E-state index contributed by atoms with van der Waals surface area (Å²) in [6.07, 6.45) is 17.1. The van der Waals surface area contributed by atoms with Crippen LogP contribution in [-0.4, -0.2) is 18.3 Å². The van der Waals surface area contributed by atoms with Gasteiger partial charge in [0.2, 0.25) is 0 Å². The maximum atomic E-state index is 2.63. The van der Waals surface area contributed by atoms with E-state index in [-0.39, 0.29) is 12.0 Å². The lowest BCUT2D eigenvalue weighted by molar-refractivity contribution is 0.638. The van der Waals surface area contributed by atoms with Crippen molar-refractivity contribution in [2.75, 3.05) is 0 Å². The Morgan fingerprint density at radius 3 is 1.80 bits per heavy atom. The molecule has 4 nitrogen and oxygen atoms in total. The van der Waals surface area contributed by atoms with Gasteiger partial charge in [0.05, 0.1) is 27.9 Å². The van der Waals surface area contributed by atoms with Gasteiger partial charge in [-0.25, -0.2) is 0 Å². The fraction of sp³-hybridized carbons (Fsp3) is 0.0833. The Morgan fingerprint density at radius 2 is 1.07 bits per heavy atom. The third-order valence-corrected chi connectivity index (χ3v) is 16.5. The molecule has 0 spiro atoms. The molecule has 0 aliphatic heterocycles. The number of hydrogen-bond acceptors (Lipinski definition) is 0. The molecule has 4 heterocycles. The summed E-state index contributed by atoms with van der Waals surface area (Å²) < 4.78 is 9.96. The van der Waals surface area contributed by atoms with E-state index in [2.05, 4.69) is 250 Å². The van der Waals surface area contributed by atoms with Gasteiger partial charge in [0, 0.05) is 56.5 Å². The highest BCUT2D eigenvalue weighted by Gasteiger charge is 2.27. The Bertz CT molecular complexity index is 4590. The highest BCUT2D eigenvalue weighted by atomic mass is 15.2. The van der Waals surface area contributed by atoms with Crippen LogP contribution in [0.4, 0.5) is 0 Å². The molecule has 0 amide bonds. The van der Waals surface area contributed by atoms with E-state index in [1.165, 1.54) is 127 Å². The largest absolute Gasteiger partial charge is 0.329 e. The van der Waals surface area contributed by atoms with Gasteiger partial charge >= 0.3 is 0 Å². The van der Waals surface area contributed by atoms with Gasteiger partial charge in [0.1, 0.15) is 11.3 Å². The second-order valence-electron chi connectivity index (χ2n) is 20.8. The first-order valence-corrected chi connectivity index (χ1v) is 26.8. The quantitative estimate of drug-likeness (QED) is 0.158. The van der Waals surface area contributed by atoms with E-state index in [1.54, 1.807) is 0 Å². The average Bonchev–Trinajstić information content (AvgIpc) is 4.30. The SMILES string of the molecule is Cn1c2ccc(-c3cccc(-c4ccc5c(c4)c4c6c(n(-c7ccccc7)c4n5C4C=CC=CC4)=CCC(c4ccc5c(c4)-c4ccccc4C5)C=6)c3)cc2c2c3ccccc3n(-c3ccccc3)c21.c1ccccc1. The van der Waals surface area contributed by atoms with Crippen molar-refractivity contribution in [1.29, 1.82) is 0 Å². The highest BCUT2D eigenvalue weighted by Crippen LogP contribution is 2.43. The normalized spacial score (nSPS) is 15.4. The van der Waals surface area contributed by atoms with Crippen LogP contribution in [0.15, 0.2) is 249 Å². The lowest BCUT2D eigenvalue weighted by atomic mass is 9.89. The number of benzene rings is 9. The molecule has 0 saturated carbocycles. The monoisotopic (exact) mass is 974 g/mol. The molecule has 3 aliphatic carbocycles. The number of fused-ring (bicyclic) bond motifs is 13. The summed E-state index contributed by atoms with van der Waals surface area (Å²) >= 11 is 0. The van der Waals surface area contributed by atoms with Crippen molar-refractivity contribution in [3.8, 4) is 44.8 Å². The molecule has 0 saturated heterocycles. The Morgan fingerprint density at radius 1 is 0.434 bits per heavy atom. The molecule has 0 fully saturated rings. The van der Waals surface area contributed by atoms with E-state index in [0.29, 0.717) is 0 Å². The van der Waals surface area contributed by atoms with E-state index < -0.39 is 0 Å². The molecule has 0 N–H and O–H groups in total. The summed E-state index contributed by atoms with van der Waals surface area (Å²) in [6.45, 7) is 0. The van der Waals surface area contributed by atoms with E-state index in [4.69, 9.17) is 0 Å². The van der Waals surface area contributed by atoms with Crippen LogP contribution < -0.4 is 10.6 Å². The first-order valence-electron chi connectivity index (χ1n) is 26.8. The van der Waals surface area contributed by atoms with Gasteiger partial charge in [0.25, 0.3) is 0 Å². The van der Waals surface area contributed by atoms with Crippen molar-refractivity contribution in [3.05, 3.63) is 276 Å². The molecule has 16 rings (SSSR count). The van der Waals surface area contributed by atoms with Crippen LogP contribution in [-0.2, 0) is 13.5 Å². The number of para-hydroxylation sites is 3. The lowest BCUT2D eigenvalue weighted by Gasteiger charge is -2.20. The van der Waals surface area contributed by atoms with Crippen molar-refractivity contribution >= 4 is 66.9 Å². The van der Waals surface area contributed by atoms with Crippen molar-refractivity contribution in [2.24, 2.45) is 7.05 Å². The van der Waals surface area contributed by atoms with Gasteiger partial charge < -0.3 is 9.13 Å². The molecule has 13 aromatic rings.